The molecule has 1 radical (unpaired) electrons. The molecule has 0 N–H and O–H groups in total. The highest BCUT2D eigenvalue weighted by Gasteiger charge is 2.10. The van der Waals surface area contributed by atoms with E-state index in [0.29, 0.717) is 0 Å². The maximum atomic E-state index is 12.7. The molecule has 0 unspecified atom stereocenters. The summed E-state index contributed by atoms with van der Waals surface area (Å²) in [6.45, 7) is 1.47. The molecule has 0 saturated carbocycles. The first-order chi connectivity index (χ1) is 5.16. The maximum absolute atomic E-state index is 12.7. The van der Waals surface area contributed by atoms with Crippen LogP contribution in [0.2, 0.25) is 0 Å². The monoisotopic (exact) mass is 157 g/mol. The minimum atomic E-state index is -0.979. The number of aryl methyl sites for hydroxylation is 1. The number of halogens is 2. The summed E-state index contributed by atoms with van der Waals surface area (Å²) in [6.07, 6.45) is 0. The van der Waals surface area contributed by atoms with E-state index >= 15 is 0 Å². The van der Waals surface area contributed by atoms with Crippen LogP contribution in [0.3, 0.4) is 0 Å². The summed E-state index contributed by atoms with van der Waals surface area (Å²) in [6, 6.07) is 3.80. The van der Waals surface area contributed by atoms with E-state index in [-0.39, 0.29) is 11.3 Å². The first-order valence-corrected chi connectivity index (χ1v) is 3.07. The molecule has 1 aromatic rings. The molecule has 1 aromatic carbocycles. The number of ether oxygens (including phenoxy) is 1. The molecular weight excluding hydrogens is 150 g/mol. The van der Waals surface area contributed by atoms with E-state index in [9.17, 15) is 8.78 Å². The van der Waals surface area contributed by atoms with Crippen LogP contribution in [-0.4, -0.2) is 7.11 Å². The second kappa shape index (κ2) is 2.86. The van der Waals surface area contributed by atoms with Crippen LogP contribution in [0.25, 0.3) is 0 Å². The lowest BCUT2D eigenvalue weighted by Crippen LogP contribution is -1.94. The van der Waals surface area contributed by atoms with Gasteiger partial charge in [-0.25, -0.2) is 4.39 Å². The van der Waals surface area contributed by atoms with Gasteiger partial charge in [0, 0.05) is 6.07 Å². The lowest BCUT2D eigenvalue weighted by molar-refractivity contribution is 0.370. The van der Waals surface area contributed by atoms with Crippen LogP contribution in [0.5, 0.6) is 5.75 Å². The second-order valence-electron chi connectivity index (χ2n) is 2.13. The van der Waals surface area contributed by atoms with Crippen molar-refractivity contribution in [1.82, 2.24) is 0 Å². The van der Waals surface area contributed by atoms with Gasteiger partial charge in [0.15, 0.2) is 11.6 Å². The molecule has 0 aliphatic rings. The van der Waals surface area contributed by atoms with Crippen molar-refractivity contribution in [2.75, 3.05) is 7.11 Å². The fourth-order valence-corrected chi connectivity index (χ4v) is 0.722. The Balaban J connectivity index is 3.25. The van der Waals surface area contributed by atoms with Crippen molar-refractivity contribution in [2.24, 2.45) is 0 Å². The van der Waals surface area contributed by atoms with Crippen molar-refractivity contribution in [1.29, 1.82) is 0 Å². The molecule has 0 bridgehead atoms. The van der Waals surface area contributed by atoms with Gasteiger partial charge in [0.1, 0.15) is 0 Å². The third kappa shape index (κ3) is 1.31. The van der Waals surface area contributed by atoms with Crippen molar-refractivity contribution in [3.8, 4) is 5.75 Å². The van der Waals surface area contributed by atoms with Crippen molar-refractivity contribution >= 4 is 0 Å². The molecule has 1 rings (SSSR count). The summed E-state index contributed by atoms with van der Waals surface area (Å²) in [5.41, 5.74) is 0.225. The largest absolute Gasteiger partial charge is 0.493 e. The van der Waals surface area contributed by atoms with Gasteiger partial charge in [0.05, 0.1) is 7.11 Å². The molecule has 0 atom stereocenters. The van der Waals surface area contributed by atoms with E-state index < -0.39 is 11.6 Å². The molecule has 59 valence electrons. The van der Waals surface area contributed by atoms with Crippen LogP contribution in [-0.2, 0) is 0 Å². The Morgan fingerprint density at radius 2 is 2.00 bits per heavy atom. The fourth-order valence-electron chi connectivity index (χ4n) is 0.722. The Morgan fingerprint density at radius 1 is 1.36 bits per heavy atom. The van der Waals surface area contributed by atoms with Gasteiger partial charge in [-0.05, 0) is 18.6 Å². The Hall–Kier alpha value is -1.12. The molecule has 3 heteroatoms. The summed E-state index contributed by atoms with van der Waals surface area (Å²) in [4.78, 5) is 0. The summed E-state index contributed by atoms with van der Waals surface area (Å²) < 4.78 is 29.9. The zero-order valence-corrected chi connectivity index (χ0v) is 6.24. The first-order valence-electron chi connectivity index (χ1n) is 3.07. The summed E-state index contributed by atoms with van der Waals surface area (Å²) in [5.74, 6) is -2.04. The van der Waals surface area contributed by atoms with Gasteiger partial charge in [-0.3, -0.25) is 0 Å². The normalized spacial score (nSPS) is 9.82. The van der Waals surface area contributed by atoms with Gasteiger partial charge in [0.2, 0.25) is 5.82 Å². The van der Waals surface area contributed by atoms with Crippen LogP contribution >= 0.6 is 0 Å². The Kier molecular flexibility index (Phi) is 2.08. The van der Waals surface area contributed by atoms with Gasteiger partial charge < -0.3 is 4.74 Å². The molecule has 1 nitrogen and oxygen atoms in total. The third-order valence-electron chi connectivity index (χ3n) is 1.36. The smallest absolute Gasteiger partial charge is 0.201 e. The van der Waals surface area contributed by atoms with Crippen molar-refractivity contribution < 1.29 is 13.5 Å². The SMILES string of the molecule is COc1[c]cc(C)c(F)c1F. The highest BCUT2D eigenvalue weighted by molar-refractivity contribution is 5.28. The number of methoxy groups -OCH3 is 1. The Bertz CT molecular complexity index is 271. The zero-order valence-electron chi connectivity index (χ0n) is 6.24. The fraction of sp³-hybridized carbons (Fsp3) is 0.250. The molecule has 0 amide bonds. The highest BCUT2D eigenvalue weighted by Crippen LogP contribution is 2.20. The van der Waals surface area contributed by atoms with E-state index in [2.05, 4.69) is 10.8 Å². The third-order valence-corrected chi connectivity index (χ3v) is 1.36. The van der Waals surface area contributed by atoms with Gasteiger partial charge in [0.25, 0.3) is 0 Å². The van der Waals surface area contributed by atoms with E-state index in [1.165, 1.54) is 20.1 Å². The molecular formula is C8H7F2O. The van der Waals surface area contributed by atoms with Gasteiger partial charge in [-0.15, -0.1) is 0 Å². The molecule has 0 fully saturated rings. The topological polar surface area (TPSA) is 9.23 Å². The van der Waals surface area contributed by atoms with Crippen molar-refractivity contribution in [2.45, 2.75) is 6.92 Å². The predicted octanol–water partition coefficient (Wildman–Crippen LogP) is 2.08. The Labute approximate surface area is 63.6 Å². The summed E-state index contributed by atoms with van der Waals surface area (Å²) >= 11 is 0. The first kappa shape index (κ1) is 7.98. The number of benzene rings is 1. The summed E-state index contributed by atoms with van der Waals surface area (Å²) in [5, 5.41) is 0. The van der Waals surface area contributed by atoms with Gasteiger partial charge >= 0.3 is 0 Å². The average Bonchev–Trinajstić information content (AvgIpc) is 2.01. The molecule has 0 spiro atoms. The van der Waals surface area contributed by atoms with E-state index in [0.717, 1.165) is 0 Å². The number of hydrogen-bond acceptors (Lipinski definition) is 1. The lowest BCUT2D eigenvalue weighted by Gasteiger charge is -2.02. The van der Waals surface area contributed by atoms with Gasteiger partial charge in [-0.1, -0.05) is 0 Å². The van der Waals surface area contributed by atoms with Crippen LogP contribution in [0.4, 0.5) is 8.78 Å². The van der Waals surface area contributed by atoms with Crippen molar-refractivity contribution in [3.63, 3.8) is 0 Å². The minimum Gasteiger partial charge on any atom is -0.493 e. The van der Waals surface area contributed by atoms with E-state index in [1.807, 2.05) is 0 Å². The molecule has 0 aliphatic heterocycles. The molecule has 11 heavy (non-hydrogen) atoms. The molecule has 0 aliphatic carbocycles. The van der Waals surface area contributed by atoms with E-state index in [4.69, 9.17) is 0 Å². The molecule has 0 saturated heterocycles. The zero-order chi connectivity index (χ0) is 8.43. The maximum Gasteiger partial charge on any atom is 0.201 e. The van der Waals surface area contributed by atoms with Crippen LogP contribution in [0.15, 0.2) is 6.07 Å². The predicted molar refractivity (Wildman–Crippen MR) is 36.5 cm³/mol. The minimum absolute atomic E-state index is 0.187. The molecule has 0 heterocycles. The van der Waals surface area contributed by atoms with Crippen LogP contribution in [0, 0.1) is 24.6 Å². The Morgan fingerprint density at radius 3 is 2.55 bits per heavy atom. The summed E-state index contributed by atoms with van der Waals surface area (Å²) in [7, 11) is 1.27. The standard InChI is InChI=1S/C8H7F2O/c1-5-3-4-6(11-2)8(10)7(5)9/h3H,1-2H3. The van der Waals surface area contributed by atoms with E-state index in [1.54, 1.807) is 0 Å². The second-order valence-corrected chi connectivity index (χ2v) is 2.13. The number of hydrogen-bond donors (Lipinski definition) is 0. The number of rotatable bonds is 1. The van der Waals surface area contributed by atoms with Crippen LogP contribution < -0.4 is 4.74 Å². The lowest BCUT2D eigenvalue weighted by atomic mass is 10.2. The molecule has 0 aromatic heterocycles. The van der Waals surface area contributed by atoms with Crippen LogP contribution in [0.1, 0.15) is 5.56 Å². The highest BCUT2D eigenvalue weighted by atomic mass is 19.2. The quantitative estimate of drug-likeness (QED) is 0.606. The van der Waals surface area contributed by atoms with Crippen molar-refractivity contribution in [3.05, 3.63) is 29.3 Å². The average molecular weight is 157 g/mol. The van der Waals surface area contributed by atoms with Gasteiger partial charge in [-0.2, -0.15) is 4.39 Å².